The lowest BCUT2D eigenvalue weighted by Gasteiger charge is -2.02. The van der Waals surface area contributed by atoms with Gasteiger partial charge in [-0.15, -0.1) is 0 Å². The van der Waals surface area contributed by atoms with Crippen LogP contribution >= 0.6 is 0 Å². The second kappa shape index (κ2) is 5.59. The Morgan fingerprint density at radius 2 is 2.08 bits per heavy atom. The second-order valence-corrected chi connectivity index (χ2v) is 5.55. The number of nitrogens with zero attached hydrogens (tertiary/aromatic N) is 3. The van der Waals surface area contributed by atoms with Crippen LogP contribution in [-0.4, -0.2) is 31.9 Å². The van der Waals surface area contributed by atoms with Crippen LogP contribution in [0.15, 0.2) is 47.7 Å². The van der Waals surface area contributed by atoms with Crippen molar-refractivity contribution in [3.05, 3.63) is 59.0 Å². The molecule has 0 bridgehead atoms. The summed E-state index contributed by atoms with van der Waals surface area (Å²) in [5.41, 5.74) is 0.780. The molecule has 0 unspecified atom stereocenters. The number of aromatic amines is 1. The number of fused-ring (bicyclic) bond motifs is 3. The lowest BCUT2D eigenvalue weighted by Crippen LogP contribution is -2.26. The Hall–Kier alpha value is -3.42. The zero-order chi connectivity index (χ0) is 17.6. The van der Waals surface area contributed by atoms with Crippen LogP contribution < -0.4 is 10.9 Å². The van der Waals surface area contributed by atoms with Crippen molar-refractivity contribution in [2.24, 2.45) is 0 Å². The maximum Gasteiger partial charge on any atom is 0.325 e. The van der Waals surface area contributed by atoms with Gasteiger partial charge in [-0.05, 0) is 19.1 Å². The summed E-state index contributed by atoms with van der Waals surface area (Å²) in [5, 5.41) is 6.55. The predicted octanol–water partition coefficient (Wildman–Crippen LogP) is 2.39. The fourth-order valence-corrected chi connectivity index (χ4v) is 2.81. The van der Waals surface area contributed by atoms with Gasteiger partial charge >= 0.3 is 6.03 Å². The maximum absolute atomic E-state index is 14.0. The quantitative estimate of drug-likeness (QED) is 0.588. The third-order valence-electron chi connectivity index (χ3n) is 3.99. The summed E-state index contributed by atoms with van der Waals surface area (Å²) < 4.78 is 16.6. The molecule has 0 fully saturated rings. The molecule has 7 nitrogen and oxygen atoms in total. The van der Waals surface area contributed by atoms with E-state index in [1.165, 1.54) is 22.9 Å². The maximum atomic E-state index is 14.0. The van der Waals surface area contributed by atoms with Gasteiger partial charge in [0, 0.05) is 30.5 Å². The van der Waals surface area contributed by atoms with Crippen molar-refractivity contribution >= 4 is 27.8 Å². The number of para-hydroxylation sites is 1. The van der Waals surface area contributed by atoms with Gasteiger partial charge in [0.1, 0.15) is 11.5 Å². The van der Waals surface area contributed by atoms with Crippen LogP contribution in [0.25, 0.3) is 27.5 Å². The molecule has 0 aliphatic carbocycles. The normalized spacial score (nSPS) is 11.3. The molecule has 0 saturated heterocycles. The van der Waals surface area contributed by atoms with Crippen LogP contribution in [-0.2, 0) is 0 Å². The molecule has 8 heteroatoms. The molecule has 1 aromatic carbocycles. The van der Waals surface area contributed by atoms with Crippen molar-refractivity contribution in [2.45, 2.75) is 6.92 Å². The number of amides is 1. The average Bonchev–Trinajstić information content (AvgIpc) is 3.17. The van der Waals surface area contributed by atoms with E-state index in [0.717, 1.165) is 4.68 Å². The molecule has 0 saturated carbocycles. The van der Waals surface area contributed by atoms with Gasteiger partial charge in [-0.1, -0.05) is 12.1 Å². The minimum atomic E-state index is -0.514. The summed E-state index contributed by atoms with van der Waals surface area (Å²) in [6, 6.07) is 5.71. The Kier molecular flexibility index (Phi) is 3.38. The standard InChI is InChI=1S/C17H14FN5O2/c1-2-19-17(25)22-8-11-13(9-22)20-7-10-15(11)21-23(16(10)24)14-6-4-3-5-12(14)18/h3-9,21H,2H2,1H3,(H,19,25). The molecule has 2 N–H and O–H groups in total. The first kappa shape index (κ1) is 15.1. The summed E-state index contributed by atoms with van der Waals surface area (Å²) in [4.78, 5) is 28.8. The van der Waals surface area contributed by atoms with Crippen molar-refractivity contribution < 1.29 is 9.18 Å². The number of carbonyl (C=O) groups is 1. The number of aromatic nitrogens is 4. The summed E-state index contributed by atoms with van der Waals surface area (Å²) in [6.07, 6.45) is 4.60. The molecule has 4 aromatic rings. The Balaban J connectivity index is 1.97. The first-order chi connectivity index (χ1) is 12.1. The molecule has 4 rings (SSSR count). The predicted molar refractivity (Wildman–Crippen MR) is 91.6 cm³/mol. The number of hydrogen-bond donors (Lipinski definition) is 2. The highest BCUT2D eigenvalue weighted by Gasteiger charge is 2.16. The van der Waals surface area contributed by atoms with Gasteiger partial charge in [-0.3, -0.25) is 19.4 Å². The van der Waals surface area contributed by atoms with Crippen molar-refractivity contribution in [3.8, 4) is 5.69 Å². The van der Waals surface area contributed by atoms with Gasteiger partial charge in [0.15, 0.2) is 0 Å². The highest BCUT2D eigenvalue weighted by molar-refractivity contribution is 6.04. The van der Waals surface area contributed by atoms with E-state index >= 15 is 0 Å². The number of hydrogen-bond acceptors (Lipinski definition) is 3. The van der Waals surface area contributed by atoms with Crippen LogP contribution in [0.3, 0.4) is 0 Å². The molecule has 0 atom stereocenters. The van der Waals surface area contributed by atoms with E-state index in [4.69, 9.17) is 0 Å². The monoisotopic (exact) mass is 339 g/mol. The summed E-state index contributed by atoms with van der Waals surface area (Å²) in [5.74, 6) is -0.514. The number of carbonyl (C=O) groups excluding carboxylic acids is 1. The van der Waals surface area contributed by atoms with Gasteiger partial charge in [0.2, 0.25) is 0 Å². The fourth-order valence-electron chi connectivity index (χ4n) is 2.81. The molecule has 0 aliphatic rings. The molecule has 126 valence electrons. The summed E-state index contributed by atoms with van der Waals surface area (Å²) in [6.45, 7) is 2.32. The first-order valence-electron chi connectivity index (χ1n) is 7.74. The highest BCUT2D eigenvalue weighted by Crippen LogP contribution is 2.22. The number of benzene rings is 1. The Morgan fingerprint density at radius 3 is 2.84 bits per heavy atom. The van der Waals surface area contributed by atoms with Crippen LogP contribution in [0.2, 0.25) is 0 Å². The zero-order valence-corrected chi connectivity index (χ0v) is 13.3. The zero-order valence-electron chi connectivity index (χ0n) is 13.3. The first-order valence-corrected chi connectivity index (χ1v) is 7.74. The van der Waals surface area contributed by atoms with E-state index in [9.17, 15) is 14.0 Å². The number of rotatable bonds is 2. The van der Waals surface area contributed by atoms with Crippen molar-refractivity contribution in [2.75, 3.05) is 6.54 Å². The molecule has 25 heavy (non-hydrogen) atoms. The van der Waals surface area contributed by atoms with E-state index in [-0.39, 0.29) is 11.7 Å². The Labute approximate surface area is 140 Å². The molecule has 3 aromatic heterocycles. The third kappa shape index (κ3) is 2.30. The van der Waals surface area contributed by atoms with E-state index < -0.39 is 11.4 Å². The van der Waals surface area contributed by atoms with Gasteiger partial charge in [0.05, 0.1) is 16.4 Å². The summed E-state index contributed by atoms with van der Waals surface area (Å²) >= 11 is 0. The molecule has 1 amide bonds. The number of halogens is 1. The lowest BCUT2D eigenvalue weighted by molar-refractivity contribution is 0.243. The van der Waals surface area contributed by atoms with Crippen molar-refractivity contribution in [1.29, 1.82) is 0 Å². The average molecular weight is 339 g/mol. The molecular weight excluding hydrogens is 325 g/mol. The highest BCUT2D eigenvalue weighted by atomic mass is 19.1. The van der Waals surface area contributed by atoms with Gasteiger partial charge in [-0.2, -0.15) is 0 Å². The van der Waals surface area contributed by atoms with Gasteiger partial charge in [-0.25, -0.2) is 13.9 Å². The molecule has 3 heterocycles. The van der Waals surface area contributed by atoms with Crippen LogP contribution in [0, 0.1) is 5.82 Å². The Morgan fingerprint density at radius 1 is 1.28 bits per heavy atom. The van der Waals surface area contributed by atoms with Crippen molar-refractivity contribution in [1.82, 2.24) is 24.6 Å². The van der Waals surface area contributed by atoms with E-state index in [1.54, 1.807) is 24.5 Å². The Bertz CT molecular complexity index is 1170. The number of pyridine rings is 1. The van der Waals surface area contributed by atoms with Crippen molar-refractivity contribution in [3.63, 3.8) is 0 Å². The minimum Gasteiger partial charge on any atom is -0.338 e. The topological polar surface area (TPSA) is 84.7 Å². The number of H-pyrrole nitrogens is 1. The smallest absolute Gasteiger partial charge is 0.325 e. The molecular formula is C17H14FN5O2. The van der Waals surface area contributed by atoms with Crippen LogP contribution in [0.1, 0.15) is 6.92 Å². The SMILES string of the molecule is CCNC(=O)n1cc2ncc3c(=O)n(-c4ccccc4F)[nH]c3c2c1. The van der Waals surface area contributed by atoms with Crippen LogP contribution in [0.4, 0.5) is 9.18 Å². The third-order valence-corrected chi connectivity index (χ3v) is 3.99. The lowest BCUT2D eigenvalue weighted by atomic mass is 10.2. The largest absolute Gasteiger partial charge is 0.338 e. The molecule has 0 spiro atoms. The molecule has 0 aliphatic heterocycles. The van der Waals surface area contributed by atoms with E-state index in [2.05, 4.69) is 15.4 Å². The fraction of sp³-hybridized carbons (Fsp3) is 0.118. The second-order valence-electron chi connectivity index (χ2n) is 5.55. The molecule has 0 radical (unpaired) electrons. The van der Waals surface area contributed by atoms with Gasteiger partial charge in [0.25, 0.3) is 5.56 Å². The van der Waals surface area contributed by atoms with E-state index in [0.29, 0.717) is 28.4 Å². The van der Waals surface area contributed by atoms with E-state index in [1.807, 2.05) is 6.92 Å². The van der Waals surface area contributed by atoms with Gasteiger partial charge < -0.3 is 5.32 Å². The minimum absolute atomic E-state index is 0.125. The summed E-state index contributed by atoms with van der Waals surface area (Å²) in [7, 11) is 0. The van der Waals surface area contributed by atoms with Crippen LogP contribution in [0.5, 0.6) is 0 Å². The number of nitrogens with one attached hydrogen (secondary N) is 2.